The van der Waals surface area contributed by atoms with E-state index in [0.717, 1.165) is 44.1 Å². The summed E-state index contributed by atoms with van der Waals surface area (Å²) in [6.45, 7) is 6.47. The highest BCUT2D eigenvalue weighted by molar-refractivity contribution is 5.99. The van der Waals surface area contributed by atoms with Crippen LogP contribution in [-0.2, 0) is 4.79 Å². The molecule has 2 saturated carbocycles. The molecule has 4 nitrogen and oxygen atoms in total. The van der Waals surface area contributed by atoms with Crippen molar-refractivity contribution in [3.63, 3.8) is 0 Å². The van der Waals surface area contributed by atoms with Crippen LogP contribution < -0.4 is 0 Å². The molecule has 0 aromatic heterocycles. The van der Waals surface area contributed by atoms with Crippen molar-refractivity contribution in [2.75, 3.05) is 6.54 Å². The third kappa shape index (κ3) is 2.17. The molecular weight excluding hydrogens is 240 g/mol. The Kier molecular flexibility index (Phi) is 3.11. The molecule has 1 heterocycles. The molecule has 2 aliphatic carbocycles. The van der Waals surface area contributed by atoms with E-state index in [-0.39, 0.29) is 29.9 Å². The number of carbonyl (C=O) groups excluding carboxylic acids is 2. The highest BCUT2D eigenvalue weighted by atomic mass is 16.2. The van der Waals surface area contributed by atoms with Gasteiger partial charge in [0.05, 0.1) is 5.92 Å². The number of imide groups is 1. The highest BCUT2D eigenvalue weighted by Gasteiger charge is 2.50. The van der Waals surface area contributed by atoms with E-state index in [1.54, 1.807) is 4.90 Å². The molecule has 2 atom stereocenters. The number of carbonyl (C=O) groups is 2. The number of hydrogen-bond acceptors (Lipinski definition) is 2. The summed E-state index contributed by atoms with van der Waals surface area (Å²) in [6, 6.07) is 0.217. The smallest absolute Gasteiger partial charge is 0.317 e. The van der Waals surface area contributed by atoms with E-state index in [4.69, 9.17) is 0 Å². The molecule has 0 N–H and O–H groups in total. The van der Waals surface area contributed by atoms with Crippen LogP contribution in [0.5, 0.6) is 0 Å². The van der Waals surface area contributed by atoms with Crippen LogP contribution in [0.4, 0.5) is 4.79 Å². The second-order valence-electron chi connectivity index (χ2n) is 6.27. The molecule has 3 aliphatic rings. The Morgan fingerprint density at radius 1 is 1.21 bits per heavy atom. The van der Waals surface area contributed by atoms with Crippen LogP contribution in [0.1, 0.15) is 45.4 Å². The fourth-order valence-electron chi connectivity index (χ4n) is 3.47. The summed E-state index contributed by atoms with van der Waals surface area (Å²) in [5, 5.41) is 0. The number of hydrogen-bond donors (Lipinski definition) is 0. The molecule has 3 rings (SSSR count). The molecule has 0 aromatic carbocycles. The Hall–Kier alpha value is -1.32. The number of amides is 3. The van der Waals surface area contributed by atoms with Gasteiger partial charge in [-0.1, -0.05) is 25.0 Å². The van der Waals surface area contributed by atoms with E-state index in [9.17, 15) is 9.59 Å². The van der Waals surface area contributed by atoms with E-state index in [2.05, 4.69) is 6.58 Å². The van der Waals surface area contributed by atoms with Crippen molar-refractivity contribution in [3.8, 4) is 0 Å². The Balaban J connectivity index is 1.89. The maximum atomic E-state index is 12.6. The molecule has 4 heteroatoms. The van der Waals surface area contributed by atoms with Crippen LogP contribution in [0.15, 0.2) is 12.2 Å². The fourth-order valence-corrected chi connectivity index (χ4v) is 3.47. The summed E-state index contributed by atoms with van der Waals surface area (Å²) < 4.78 is 0. The first-order valence-corrected chi connectivity index (χ1v) is 7.37. The topological polar surface area (TPSA) is 40.6 Å². The molecule has 2 unspecified atom stereocenters. The molecule has 104 valence electrons. The van der Waals surface area contributed by atoms with Gasteiger partial charge in [0.15, 0.2) is 0 Å². The van der Waals surface area contributed by atoms with Crippen LogP contribution in [0.3, 0.4) is 0 Å². The minimum absolute atomic E-state index is 0.0337. The standard InChI is InChI=1S/C15H22N2O2/c1-10(2)9-16-13-6-4-3-5-12(13)14(18)17(15(16)19)11-7-8-11/h11-13H,1,3-9H2,2H3. The first kappa shape index (κ1) is 12.7. The minimum atomic E-state index is -0.0707. The normalized spacial score (nSPS) is 31.4. The lowest BCUT2D eigenvalue weighted by Gasteiger charge is -2.47. The average Bonchev–Trinajstić information content (AvgIpc) is 3.19. The second-order valence-corrected chi connectivity index (χ2v) is 6.27. The predicted molar refractivity (Wildman–Crippen MR) is 72.5 cm³/mol. The molecule has 0 bridgehead atoms. The van der Waals surface area contributed by atoms with Crippen molar-refractivity contribution < 1.29 is 9.59 Å². The first-order valence-electron chi connectivity index (χ1n) is 7.37. The van der Waals surface area contributed by atoms with Gasteiger partial charge in [0.2, 0.25) is 5.91 Å². The number of fused-ring (bicyclic) bond motifs is 1. The lowest BCUT2D eigenvalue weighted by atomic mass is 9.81. The maximum Gasteiger partial charge on any atom is 0.327 e. The first-order chi connectivity index (χ1) is 9.09. The zero-order valence-electron chi connectivity index (χ0n) is 11.6. The Bertz CT molecular complexity index is 428. The van der Waals surface area contributed by atoms with Crippen LogP contribution >= 0.6 is 0 Å². The third-order valence-corrected chi connectivity index (χ3v) is 4.49. The summed E-state index contributed by atoms with van der Waals surface area (Å²) in [4.78, 5) is 28.6. The van der Waals surface area contributed by atoms with Crippen molar-refractivity contribution in [3.05, 3.63) is 12.2 Å². The SMILES string of the molecule is C=C(C)CN1C(=O)N(C2CC2)C(=O)C2CCCCC21. The summed E-state index contributed by atoms with van der Waals surface area (Å²) in [5.41, 5.74) is 0.989. The lowest BCUT2D eigenvalue weighted by Crippen LogP contribution is -2.63. The van der Waals surface area contributed by atoms with Gasteiger partial charge >= 0.3 is 6.03 Å². The molecule has 3 fully saturated rings. The van der Waals surface area contributed by atoms with Crippen molar-refractivity contribution in [2.45, 2.75) is 57.5 Å². The van der Waals surface area contributed by atoms with Gasteiger partial charge in [-0.2, -0.15) is 0 Å². The van der Waals surface area contributed by atoms with Crippen LogP contribution in [0.25, 0.3) is 0 Å². The molecule has 3 amide bonds. The Morgan fingerprint density at radius 2 is 1.89 bits per heavy atom. The Labute approximate surface area is 114 Å². The molecule has 0 aromatic rings. The summed E-state index contributed by atoms with van der Waals surface area (Å²) in [7, 11) is 0. The minimum Gasteiger partial charge on any atom is -0.317 e. The molecule has 0 spiro atoms. The van der Waals surface area contributed by atoms with Crippen molar-refractivity contribution >= 4 is 11.9 Å². The van der Waals surface area contributed by atoms with Crippen molar-refractivity contribution in [1.82, 2.24) is 9.80 Å². The van der Waals surface area contributed by atoms with Crippen LogP contribution in [-0.4, -0.2) is 40.4 Å². The molecule has 0 radical (unpaired) electrons. The van der Waals surface area contributed by atoms with Crippen molar-refractivity contribution in [1.29, 1.82) is 0 Å². The van der Waals surface area contributed by atoms with Gasteiger partial charge in [0.25, 0.3) is 0 Å². The van der Waals surface area contributed by atoms with E-state index in [1.807, 2.05) is 11.8 Å². The van der Waals surface area contributed by atoms with Crippen molar-refractivity contribution in [2.24, 2.45) is 5.92 Å². The van der Waals surface area contributed by atoms with Gasteiger partial charge in [-0.3, -0.25) is 9.69 Å². The predicted octanol–water partition coefficient (Wildman–Crippen LogP) is 2.55. The fraction of sp³-hybridized carbons (Fsp3) is 0.733. The van der Waals surface area contributed by atoms with Gasteiger partial charge in [0, 0.05) is 18.6 Å². The second kappa shape index (κ2) is 4.66. The van der Waals surface area contributed by atoms with E-state index in [0.29, 0.717) is 6.54 Å². The van der Waals surface area contributed by atoms with Gasteiger partial charge in [-0.25, -0.2) is 4.79 Å². The zero-order valence-corrected chi connectivity index (χ0v) is 11.6. The van der Waals surface area contributed by atoms with Crippen LogP contribution in [0, 0.1) is 5.92 Å². The number of rotatable bonds is 3. The zero-order chi connectivity index (χ0) is 13.6. The van der Waals surface area contributed by atoms with E-state index in [1.165, 1.54) is 0 Å². The van der Waals surface area contributed by atoms with E-state index < -0.39 is 0 Å². The summed E-state index contributed by atoms with van der Waals surface area (Å²) in [5.74, 6) is 0.126. The highest BCUT2D eigenvalue weighted by Crippen LogP contribution is 2.39. The van der Waals surface area contributed by atoms with Gasteiger partial charge < -0.3 is 4.90 Å². The van der Waals surface area contributed by atoms with Gasteiger partial charge in [0.1, 0.15) is 0 Å². The largest absolute Gasteiger partial charge is 0.327 e. The third-order valence-electron chi connectivity index (χ3n) is 4.49. The quantitative estimate of drug-likeness (QED) is 0.733. The molecule has 1 aliphatic heterocycles. The number of nitrogens with zero attached hydrogens (tertiary/aromatic N) is 2. The maximum absolute atomic E-state index is 12.6. The monoisotopic (exact) mass is 262 g/mol. The van der Waals surface area contributed by atoms with Gasteiger partial charge in [-0.15, -0.1) is 0 Å². The Morgan fingerprint density at radius 3 is 2.53 bits per heavy atom. The molecule has 1 saturated heterocycles. The van der Waals surface area contributed by atoms with E-state index >= 15 is 0 Å². The summed E-state index contributed by atoms with van der Waals surface area (Å²) in [6.07, 6.45) is 6.10. The van der Waals surface area contributed by atoms with Crippen LogP contribution in [0.2, 0.25) is 0 Å². The summed E-state index contributed by atoms with van der Waals surface area (Å²) >= 11 is 0. The van der Waals surface area contributed by atoms with Gasteiger partial charge in [-0.05, 0) is 32.6 Å². The molecular formula is C15H22N2O2. The average molecular weight is 262 g/mol. The molecule has 19 heavy (non-hydrogen) atoms. The lowest BCUT2D eigenvalue weighted by molar-refractivity contribution is -0.140. The number of urea groups is 1.